The number of hydrogen-bond acceptors (Lipinski definition) is 12. The van der Waals surface area contributed by atoms with Crippen molar-refractivity contribution in [2.45, 2.75) is 161 Å². The first-order valence-corrected chi connectivity index (χ1v) is 29.8. The third kappa shape index (κ3) is 12.0. The van der Waals surface area contributed by atoms with Crippen molar-refractivity contribution in [1.29, 1.82) is 0 Å². The normalized spacial score (nSPS) is 22.2. The van der Waals surface area contributed by atoms with Crippen LogP contribution in [-0.4, -0.2) is 139 Å². The smallest absolute Gasteiger partial charge is 0.324 e. The number of aromatic nitrogens is 2. The molecular weight excluding hydrogens is 969 g/mol. The van der Waals surface area contributed by atoms with Gasteiger partial charge in [0, 0.05) is 68.8 Å². The Kier molecular flexibility index (Phi) is 16.4. The predicted octanol–water partition coefficient (Wildman–Crippen LogP) is 6.90. The second-order valence-corrected chi connectivity index (χ2v) is 28.4. The fourth-order valence-corrected chi connectivity index (χ4v) is 11.9. The summed E-state index contributed by atoms with van der Waals surface area (Å²) in [6, 6.07) is 13.0. The molecule has 4 amide bonds. The molecule has 6 bridgehead atoms. The lowest BCUT2D eigenvalue weighted by Gasteiger charge is -2.37. The molecular formula is C57H80N8O9Si. The molecule has 3 aliphatic heterocycles. The van der Waals surface area contributed by atoms with Gasteiger partial charge >= 0.3 is 5.97 Å². The van der Waals surface area contributed by atoms with Crippen molar-refractivity contribution in [2.24, 2.45) is 11.3 Å². The Labute approximate surface area is 443 Å². The Bertz CT molecular complexity index is 2800. The van der Waals surface area contributed by atoms with E-state index < -0.39 is 73.7 Å². The van der Waals surface area contributed by atoms with Gasteiger partial charge in [0.05, 0.1) is 30.6 Å². The highest BCUT2D eigenvalue weighted by Crippen LogP contribution is 2.43. The first-order valence-electron chi connectivity index (χ1n) is 26.9. The molecule has 4 N–H and O–H groups in total. The summed E-state index contributed by atoms with van der Waals surface area (Å²) in [5.74, 6) is -1.80. The Morgan fingerprint density at radius 1 is 1.03 bits per heavy atom. The minimum Gasteiger partial charge on any atom is -0.543 e. The van der Waals surface area contributed by atoms with E-state index in [2.05, 4.69) is 112 Å². The van der Waals surface area contributed by atoms with E-state index in [0.717, 1.165) is 62.9 Å². The minimum atomic E-state index is -2.44. The van der Waals surface area contributed by atoms with Gasteiger partial charge in [-0.1, -0.05) is 59.6 Å². The van der Waals surface area contributed by atoms with Crippen LogP contribution in [0.3, 0.4) is 0 Å². The number of hydrazine groups is 1. The lowest BCUT2D eigenvalue weighted by Crippen LogP contribution is -2.62. The van der Waals surface area contributed by atoms with E-state index in [9.17, 15) is 19.5 Å². The summed E-state index contributed by atoms with van der Waals surface area (Å²) >= 11 is 0. The van der Waals surface area contributed by atoms with Crippen molar-refractivity contribution in [3.05, 3.63) is 71.5 Å². The number of rotatable bonds is 13. The van der Waals surface area contributed by atoms with Gasteiger partial charge in [0.25, 0.3) is 5.91 Å². The number of methoxy groups -OCH3 is 1. The molecule has 5 heterocycles. The van der Waals surface area contributed by atoms with E-state index in [1.807, 2.05) is 19.1 Å². The lowest BCUT2D eigenvalue weighted by molar-refractivity contribution is -0.155. The number of cyclic esters (lactones) is 1. The number of carbonyl (C=O) groups is 5. The van der Waals surface area contributed by atoms with Gasteiger partial charge in [-0.25, -0.2) is 5.43 Å². The molecule has 406 valence electrons. The maximum Gasteiger partial charge on any atom is 0.324 e. The topological polar surface area (TPSA) is 207 Å². The summed E-state index contributed by atoms with van der Waals surface area (Å²) in [5.41, 5.74) is 10.1. The average molecular weight is 1050 g/mol. The second kappa shape index (κ2) is 22.1. The number of nitrogens with one attached hydrogen (secondary N) is 3. The molecule has 6 atom stereocenters. The zero-order chi connectivity index (χ0) is 54.3. The Balaban J connectivity index is 1.27. The highest BCUT2D eigenvalue weighted by molar-refractivity contribution is 6.74. The molecule has 8 rings (SSSR count). The van der Waals surface area contributed by atoms with Crippen LogP contribution in [0.5, 0.6) is 5.75 Å². The van der Waals surface area contributed by atoms with Crippen LogP contribution in [0, 0.1) is 11.3 Å². The highest BCUT2D eigenvalue weighted by atomic mass is 28.4. The molecule has 4 aliphatic rings. The van der Waals surface area contributed by atoms with Gasteiger partial charge in [0.15, 0.2) is 0 Å². The van der Waals surface area contributed by atoms with Gasteiger partial charge < -0.3 is 38.7 Å². The van der Waals surface area contributed by atoms with E-state index in [1.165, 1.54) is 21.9 Å². The summed E-state index contributed by atoms with van der Waals surface area (Å²) in [6.45, 7) is 20.1. The molecule has 2 aromatic carbocycles. The van der Waals surface area contributed by atoms with Crippen LogP contribution in [0.1, 0.15) is 110 Å². The number of aliphatic hydroxyl groups is 1. The summed E-state index contributed by atoms with van der Waals surface area (Å²) in [5, 5.41) is 18.0. The molecule has 0 spiro atoms. The molecule has 1 aliphatic carbocycles. The van der Waals surface area contributed by atoms with E-state index >= 15 is 9.59 Å². The molecule has 2 saturated heterocycles. The first-order chi connectivity index (χ1) is 35.4. The summed E-state index contributed by atoms with van der Waals surface area (Å²) in [4.78, 5) is 78.9. The summed E-state index contributed by atoms with van der Waals surface area (Å²) in [6.07, 6.45) is 5.30. The van der Waals surface area contributed by atoms with Crippen LogP contribution in [0.4, 0.5) is 0 Å². The molecule has 2 aromatic heterocycles. The molecule has 18 heteroatoms. The lowest BCUT2D eigenvalue weighted by atomic mass is 9.84. The molecule has 4 aromatic rings. The predicted molar refractivity (Wildman–Crippen MR) is 291 cm³/mol. The number of nitrogens with zero attached hydrogens (tertiary/aromatic N) is 5. The van der Waals surface area contributed by atoms with Crippen LogP contribution < -0.4 is 20.5 Å². The molecule has 0 radical (unpaired) electrons. The Morgan fingerprint density at radius 3 is 2.41 bits per heavy atom. The Morgan fingerprint density at radius 2 is 1.75 bits per heavy atom. The zero-order valence-corrected chi connectivity index (χ0v) is 47.2. The number of likely N-dealkylation sites (N-methyl/N-ethyl adjacent to an activating group) is 2. The summed E-state index contributed by atoms with van der Waals surface area (Å²) in [7, 11) is 2.32. The number of ether oxygens (including phenoxy) is 2. The monoisotopic (exact) mass is 1050 g/mol. The van der Waals surface area contributed by atoms with Crippen LogP contribution in [0.15, 0.2) is 54.7 Å². The number of benzene rings is 2. The van der Waals surface area contributed by atoms with Crippen LogP contribution in [-0.2, 0) is 52.8 Å². The van der Waals surface area contributed by atoms with Crippen molar-refractivity contribution in [1.82, 2.24) is 40.4 Å². The van der Waals surface area contributed by atoms with Gasteiger partial charge in [-0.3, -0.25) is 39.3 Å². The van der Waals surface area contributed by atoms with Crippen LogP contribution in [0.25, 0.3) is 33.3 Å². The van der Waals surface area contributed by atoms with E-state index in [-0.39, 0.29) is 43.2 Å². The number of pyridine rings is 1. The van der Waals surface area contributed by atoms with Crippen molar-refractivity contribution in [2.75, 3.05) is 40.9 Å². The van der Waals surface area contributed by atoms with Crippen molar-refractivity contribution >= 4 is 48.8 Å². The van der Waals surface area contributed by atoms with Crippen LogP contribution >= 0.6 is 0 Å². The van der Waals surface area contributed by atoms with Gasteiger partial charge in [-0.2, -0.15) is 0 Å². The fourth-order valence-electron chi connectivity index (χ4n) is 10.9. The molecule has 0 unspecified atom stereocenters. The first kappa shape index (κ1) is 55.6. The maximum atomic E-state index is 15.2. The number of amides is 4. The minimum absolute atomic E-state index is 0.0576. The average Bonchev–Trinajstić information content (AvgIpc) is 3.71. The van der Waals surface area contributed by atoms with Gasteiger partial charge in [-0.15, -0.1) is 0 Å². The summed E-state index contributed by atoms with van der Waals surface area (Å²) < 4.78 is 21.5. The van der Waals surface area contributed by atoms with E-state index in [1.54, 1.807) is 20.4 Å². The number of carbonyl (C=O) groups excluding carboxylic acids is 5. The largest absolute Gasteiger partial charge is 0.543 e. The number of fused-ring (bicyclic) bond motifs is 6. The van der Waals surface area contributed by atoms with Gasteiger partial charge in [0.2, 0.25) is 26.0 Å². The zero-order valence-electron chi connectivity index (χ0n) is 46.2. The second-order valence-electron chi connectivity index (χ2n) is 23.7. The number of aryl methyl sites for hydroxylation is 1. The van der Waals surface area contributed by atoms with Gasteiger partial charge in [-0.05, 0) is 129 Å². The fraction of sp³-hybridized carbons (Fsp3) is 0.579. The van der Waals surface area contributed by atoms with E-state index in [0.29, 0.717) is 44.4 Å². The number of esters is 1. The van der Waals surface area contributed by atoms with Crippen LogP contribution in [0.2, 0.25) is 18.1 Å². The number of aliphatic hydroxyl groups excluding tert-OH is 1. The molecule has 17 nitrogen and oxygen atoms in total. The third-order valence-corrected chi connectivity index (χ3v) is 20.7. The third-order valence-electron chi connectivity index (χ3n) is 16.3. The molecule has 3 fully saturated rings. The highest BCUT2D eigenvalue weighted by Gasteiger charge is 2.45. The van der Waals surface area contributed by atoms with Crippen molar-refractivity contribution in [3.8, 4) is 28.1 Å². The van der Waals surface area contributed by atoms with Crippen molar-refractivity contribution in [3.63, 3.8) is 0 Å². The standard InChI is InChI=1S/C57H80N8O9Si/c1-13-64-45-23-22-37-30-41(45)42(50(64)40-20-16-24-58-47(40)34(2)72-10)31-57(6,7)33-73-55(71)43-21-17-25-65(61-43)53(69)44(28-35-26-38(37)29-39(27-35)74-75(11,12)56(3,4)5)59-52(68)49(36-18-14-15-19-36)63(9)46(66)32-62(8)54(70)48-51(67)60-48/h16,20,22-24,26-27,29-30,34,36,43-44,48-49,51,60-61,67H,13-15,17-19,21,25,28,31-33H2,1-12H3,(H,59,68)/t34-,43-,44-,48+,49-,51+/m0/s1. The van der Waals surface area contributed by atoms with Gasteiger partial charge in [0.1, 0.15) is 36.1 Å². The SMILES string of the molecule is CCn1c(-c2cccnc2[C@H](C)OC)c2c3cc(ccc31)-c1cc(cc(O[Si](C)(C)C(C)(C)C)c1)C[C@H](NC(=O)[C@H](C1CCCC1)N(C)C(=O)CN(C)C(=O)[C@@H]1N[C@@H]1O)C(=O)N1CCC[C@H](N1)C(=O)OCC(C)(C)C2. The Hall–Kier alpha value is -5.66. The number of hydrogen-bond donors (Lipinski definition) is 4. The quantitative estimate of drug-likeness (QED) is 0.0614. The maximum absolute atomic E-state index is 15.2. The molecule has 75 heavy (non-hydrogen) atoms. The molecule has 1 saturated carbocycles. The van der Waals surface area contributed by atoms with E-state index in [4.69, 9.17) is 18.9 Å². The van der Waals surface area contributed by atoms with Crippen molar-refractivity contribution < 1.29 is 43.0 Å².